The highest BCUT2D eigenvalue weighted by atomic mass is 32.2. The summed E-state index contributed by atoms with van der Waals surface area (Å²) in [5.74, 6) is 0.679. The van der Waals surface area contributed by atoms with Crippen LogP contribution in [0.3, 0.4) is 0 Å². The molecule has 0 spiro atoms. The zero-order chi connectivity index (χ0) is 29.6. The summed E-state index contributed by atoms with van der Waals surface area (Å²) in [6, 6.07) is 4.78. The SMILES string of the molecule is C=C(C(=CC)c1nnc(C23CCC(CNS(=O)(=O)NCc4ccccc4C(F)(F)F)(CC2)CC3)n1C)C(F)(F)F. The van der Waals surface area contributed by atoms with Crippen molar-refractivity contribution in [1.82, 2.24) is 24.2 Å². The fourth-order valence-corrected chi connectivity index (χ4v) is 6.85. The van der Waals surface area contributed by atoms with Gasteiger partial charge in [-0.2, -0.15) is 39.5 Å². The van der Waals surface area contributed by atoms with Gasteiger partial charge in [-0.1, -0.05) is 30.9 Å². The van der Waals surface area contributed by atoms with Crippen molar-refractivity contribution in [2.24, 2.45) is 12.5 Å². The minimum absolute atomic E-state index is 0.0857. The standard InChI is InChI=1S/C26H31F6N5O2S/c1-4-19(17(2)25(27,28)29)21-35-36-22(37(21)3)24-12-9-23(10-13-24,11-14-24)16-34-40(38,39)33-15-18-7-5-6-8-20(18)26(30,31)32/h4-8,33-34H,2,9-16H2,1,3H3. The maximum atomic E-state index is 13.3. The van der Waals surface area contributed by atoms with E-state index in [1.807, 2.05) is 0 Å². The molecule has 5 rings (SSSR count). The molecule has 0 saturated heterocycles. The van der Waals surface area contributed by atoms with E-state index in [0.29, 0.717) is 44.3 Å². The van der Waals surface area contributed by atoms with Crippen LogP contribution in [0.1, 0.15) is 68.2 Å². The number of hydrogen-bond acceptors (Lipinski definition) is 4. The van der Waals surface area contributed by atoms with Gasteiger partial charge in [0.25, 0.3) is 10.2 Å². The smallest absolute Gasteiger partial charge is 0.314 e. The molecule has 3 saturated carbocycles. The van der Waals surface area contributed by atoms with Crippen LogP contribution in [0.4, 0.5) is 26.3 Å². The second kappa shape index (κ2) is 10.6. The van der Waals surface area contributed by atoms with Gasteiger partial charge in [0.1, 0.15) is 5.82 Å². The first kappa shape index (κ1) is 30.3. The summed E-state index contributed by atoms with van der Waals surface area (Å²) in [4.78, 5) is 0. The molecule has 2 N–H and O–H groups in total. The van der Waals surface area contributed by atoms with Crippen LogP contribution in [-0.4, -0.2) is 35.9 Å². The van der Waals surface area contributed by atoms with Crippen LogP contribution in [0.2, 0.25) is 0 Å². The molecule has 0 atom stereocenters. The van der Waals surface area contributed by atoms with Gasteiger partial charge in [0.2, 0.25) is 0 Å². The van der Waals surface area contributed by atoms with Crippen molar-refractivity contribution in [3.8, 4) is 0 Å². The first-order valence-electron chi connectivity index (χ1n) is 12.7. The van der Waals surface area contributed by atoms with Crippen LogP contribution in [-0.2, 0) is 35.4 Å². The van der Waals surface area contributed by atoms with Crippen LogP contribution in [0.15, 0.2) is 42.5 Å². The topological polar surface area (TPSA) is 88.9 Å². The van der Waals surface area contributed by atoms with Gasteiger partial charge >= 0.3 is 12.4 Å². The van der Waals surface area contributed by atoms with Gasteiger partial charge in [-0.05, 0) is 62.5 Å². The molecule has 7 nitrogen and oxygen atoms in total. The molecule has 220 valence electrons. The van der Waals surface area contributed by atoms with Gasteiger partial charge < -0.3 is 4.57 Å². The first-order chi connectivity index (χ1) is 18.5. The molecule has 0 radical (unpaired) electrons. The van der Waals surface area contributed by atoms with Crippen molar-refractivity contribution in [1.29, 1.82) is 0 Å². The summed E-state index contributed by atoms with van der Waals surface area (Å²) < 4.78 is 111. The van der Waals surface area contributed by atoms with E-state index in [4.69, 9.17) is 0 Å². The molecule has 0 amide bonds. The monoisotopic (exact) mass is 591 g/mol. The van der Waals surface area contributed by atoms with Gasteiger partial charge in [-0.15, -0.1) is 10.2 Å². The van der Waals surface area contributed by atoms with E-state index < -0.39 is 45.7 Å². The third-order valence-electron chi connectivity index (χ3n) is 8.36. The molecule has 2 aromatic rings. The Morgan fingerprint density at radius 3 is 2.17 bits per heavy atom. The highest BCUT2D eigenvalue weighted by molar-refractivity contribution is 7.87. The van der Waals surface area contributed by atoms with E-state index in [1.54, 1.807) is 11.6 Å². The zero-order valence-corrected chi connectivity index (χ0v) is 22.9. The van der Waals surface area contributed by atoms with E-state index in [1.165, 1.54) is 31.2 Å². The minimum atomic E-state index is -4.61. The predicted octanol–water partition coefficient (Wildman–Crippen LogP) is 5.57. The van der Waals surface area contributed by atoms with Crippen LogP contribution in [0, 0.1) is 5.41 Å². The highest BCUT2D eigenvalue weighted by Gasteiger charge is 2.52. The molecule has 1 heterocycles. The van der Waals surface area contributed by atoms with Crippen molar-refractivity contribution in [3.63, 3.8) is 0 Å². The largest absolute Gasteiger partial charge is 0.416 e. The Hall–Kier alpha value is -2.71. The average molecular weight is 592 g/mol. The van der Waals surface area contributed by atoms with E-state index in [0.717, 1.165) is 6.07 Å². The van der Waals surface area contributed by atoms with Crippen molar-refractivity contribution in [2.45, 2.75) is 69.8 Å². The lowest BCUT2D eigenvalue weighted by Crippen LogP contribution is -2.51. The Labute approximate surface area is 228 Å². The fraction of sp³-hybridized carbons (Fsp3) is 0.538. The number of fused-ring (bicyclic) bond motifs is 3. The zero-order valence-electron chi connectivity index (χ0n) is 22.1. The molecule has 14 heteroatoms. The molecule has 2 bridgehead atoms. The number of rotatable bonds is 9. The molecule has 0 unspecified atom stereocenters. The van der Waals surface area contributed by atoms with E-state index in [9.17, 15) is 34.8 Å². The Balaban J connectivity index is 1.40. The van der Waals surface area contributed by atoms with Gasteiger partial charge in [-0.25, -0.2) is 4.72 Å². The van der Waals surface area contributed by atoms with E-state index >= 15 is 0 Å². The number of benzene rings is 1. The van der Waals surface area contributed by atoms with Crippen LogP contribution in [0.5, 0.6) is 0 Å². The quantitative estimate of drug-likeness (QED) is 0.295. The number of nitrogens with zero attached hydrogens (tertiary/aromatic N) is 3. The average Bonchev–Trinajstić information content (AvgIpc) is 3.29. The van der Waals surface area contributed by atoms with Gasteiger partial charge in [-0.3, -0.25) is 0 Å². The van der Waals surface area contributed by atoms with Crippen molar-refractivity contribution in [2.75, 3.05) is 6.54 Å². The fourth-order valence-electron chi connectivity index (χ4n) is 5.90. The first-order valence-corrected chi connectivity index (χ1v) is 14.2. The summed E-state index contributed by atoms with van der Waals surface area (Å²) in [6.07, 6.45) is -3.98. The lowest BCUT2D eigenvalue weighted by Gasteiger charge is -2.52. The number of alkyl halides is 6. The van der Waals surface area contributed by atoms with Crippen molar-refractivity contribution in [3.05, 3.63) is 65.3 Å². The summed E-state index contributed by atoms with van der Waals surface area (Å²) in [5, 5.41) is 8.36. The third-order valence-corrected chi connectivity index (χ3v) is 9.41. The van der Waals surface area contributed by atoms with Gasteiger partial charge in [0.05, 0.1) is 11.1 Å². The molecule has 1 aromatic heterocycles. The normalized spacial score (nSPS) is 23.9. The summed E-state index contributed by atoms with van der Waals surface area (Å²) in [5.41, 5.74) is -2.93. The number of hydrogen-bond donors (Lipinski definition) is 2. The van der Waals surface area contributed by atoms with Gasteiger partial charge in [0, 0.05) is 31.1 Å². The molecule has 3 aliphatic carbocycles. The predicted molar refractivity (Wildman–Crippen MR) is 137 cm³/mol. The number of aromatic nitrogens is 3. The summed E-state index contributed by atoms with van der Waals surface area (Å²) in [7, 11) is -2.44. The molecular formula is C26H31F6N5O2S. The van der Waals surface area contributed by atoms with E-state index in [2.05, 4.69) is 26.2 Å². The second-order valence-corrected chi connectivity index (χ2v) is 12.3. The van der Waals surface area contributed by atoms with Crippen molar-refractivity contribution >= 4 is 15.8 Å². The molecule has 3 fully saturated rings. The molecule has 3 aliphatic rings. The van der Waals surface area contributed by atoms with E-state index in [-0.39, 0.29) is 28.9 Å². The van der Waals surface area contributed by atoms with Crippen LogP contribution >= 0.6 is 0 Å². The third kappa shape index (κ3) is 5.98. The minimum Gasteiger partial charge on any atom is -0.314 e. The molecule has 1 aromatic carbocycles. The Kier molecular flexibility index (Phi) is 8.02. The van der Waals surface area contributed by atoms with Crippen molar-refractivity contribution < 1.29 is 34.8 Å². The molecule has 40 heavy (non-hydrogen) atoms. The number of nitrogens with one attached hydrogen (secondary N) is 2. The number of allylic oxidation sites excluding steroid dienone is 3. The lowest BCUT2D eigenvalue weighted by molar-refractivity contribution is -0.138. The van der Waals surface area contributed by atoms with Gasteiger partial charge in [0.15, 0.2) is 5.82 Å². The highest BCUT2D eigenvalue weighted by Crippen LogP contribution is 2.57. The Bertz CT molecular complexity index is 1390. The number of halogens is 6. The lowest BCUT2D eigenvalue weighted by atomic mass is 9.53. The molecular weight excluding hydrogens is 560 g/mol. The maximum Gasteiger partial charge on any atom is 0.416 e. The second-order valence-electron chi connectivity index (χ2n) is 10.7. The van der Waals surface area contributed by atoms with Crippen LogP contribution < -0.4 is 9.44 Å². The Morgan fingerprint density at radius 1 is 1.02 bits per heavy atom. The maximum absolute atomic E-state index is 13.3. The summed E-state index contributed by atoms with van der Waals surface area (Å²) in [6.45, 7) is 4.29. The molecule has 0 aliphatic heterocycles. The van der Waals surface area contributed by atoms with Crippen LogP contribution in [0.25, 0.3) is 5.57 Å². The summed E-state index contributed by atoms with van der Waals surface area (Å²) >= 11 is 0. The Morgan fingerprint density at radius 2 is 1.62 bits per heavy atom.